The van der Waals surface area contributed by atoms with Crippen molar-refractivity contribution in [1.82, 2.24) is 10.2 Å². The largest absolute Gasteiger partial charge is 0.528 e. The average Bonchev–Trinajstić information content (AvgIpc) is 2.67. The van der Waals surface area contributed by atoms with Crippen molar-refractivity contribution in [3.8, 4) is 0 Å². The number of rotatable bonds is 4. The quantitative estimate of drug-likeness (QED) is 0.768. The van der Waals surface area contributed by atoms with Gasteiger partial charge in [-0.15, -0.1) is 0 Å². The first-order valence-electron chi connectivity index (χ1n) is 6.73. The van der Waals surface area contributed by atoms with Crippen molar-refractivity contribution in [2.75, 3.05) is 0 Å². The molecule has 108 valence electrons. The van der Waals surface area contributed by atoms with Gasteiger partial charge in [-0.05, 0) is 24.7 Å². The zero-order chi connectivity index (χ0) is 14.2. The lowest BCUT2D eigenvalue weighted by Gasteiger charge is -2.10. The van der Waals surface area contributed by atoms with Crippen molar-refractivity contribution in [3.05, 3.63) is 0 Å². The Morgan fingerprint density at radius 2 is 1.32 bits per heavy atom. The molecule has 0 aromatic heterocycles. The maximum atomic E-state index is 11.8. The summed E-state index contributed by atoms with van der Waals surface area (Å²) >= 11 is 0. The van der Waals surface area contributed by atoms with Crippen LogP contribution in [-0.2, 0) is 18.6 Å². The molecule has 2 rings (SSSR count). The molecule has 2 atom stereocenters. The third-order valence-corrected chi connectivity index (χ3v) is 5.25. The van der Waals surface area contributed by atoms with E-state index in [4.69, 9.17) is 9.05 Å². The van der Waals surface area contributed by atoms with Gasteiger partial charge in [0.15, 0.2) is 12.1 Å². The average molecular weight is 289 g/mol. The van der Waals surface area contributed by atoms with Crippen LogP contribution in [0.25, 0.3) is 0 Å². The highest BCUT2D eigenvalue weighted by Gasteiger charge is 2.66. The van der Waals surface area contributed by atoms with Crippen LogP contribution in [0.2, 0.25) is 0 Å². The molecule has 2 N–H and O–H groups in total. The van der Waals surface area contributed by atoms with Gasteiger partial charge in [-0.25, -0.2) is 18.6 Å². The van der Waals surface area contributed by atoms with Gasteiger partial charge in [0.05, 0.1) is 0 Å². The molecule has 0 amide bonds. The summed E-state index contributed by atoms with van der Waals surface area (Å²) in [5.41, 5.74) is 0. The molecule has 2 heterocycles. The van der Waals surface area contributed by atoms with Crippen LogP contribution < -0.4 is 10.2 Å². The number of hydrogen-bond acceptors (Lipinski definition) is 6. The second-order valence-corrected chi connectivity index (χ2v) is 7.98. The zero-order valence-corrected chi connectivity index (χ0v) is 12.7. The Hall–Kier alpha value is -0.710. The molecule has 2 fully saturated rings. The maximum absolute atomic E-state index is 11.8. The van der Waals surface area contributed by atoms with Crippen LogP contribution in [0.15, 0.2) is 0 Å². The first-order valence-corrected chi connectivity index (χ1v) is 8.35. The van der Waals surface area contributed by atoms with Crippen molar-refractivity contribution in [2.45, 2.75) is 52.6 Å². The van der Waals surface area contributed by atoms with Crippen LogP contribution in [0.3, 0.4) is 0 Å². The Morgan fingerprint density at radius 1 is 0.947 bits per heavy atom. The van der Waals surface area contributed by atoms with E-state index in [1.54, 1.807) is 0 Å². The normalized spacial score (nSPS) is 29.4. The predicted octanol–water partition coefficient (Wildman–Crippen LogP) is 1.79. The molecule has 0 unspecified atom stereocenters. The Balaban J connectivity index is 2.02. The first-order chi connectivity index (χ1) is 8.81. The van der Waals surface area contributed by atoms with Crippen LogP contribution >= 0.6 is 8.02 Å². The van der Waals surface area contributed by atoms with Gasteiger partial charge in [-0.3, -0.25) is 0 Å². The molecular weight excluding hydrogens is 267 g/mol. The molecule has 0 bridgehead atoms. The van der Waals surface area contributed by atoms with Gasteiger partial charge < -0.3 is 0 Å². The minimum atomic E-state index is -2.73. The lowest BCUT2D eigenvalue weighted by atomic mass is 10.1. The second-order valence-electron chi connectivity index (χ2n) is 5.99. The van der Waals surface area contributed by atoms with Gasteiger partial charge in [0, 0.05) is 0 Å². The summed E-state index contributed by atoms with van der Waals surface area (Å²) in [6, 6.07) is -0.766. The van der Waals surface area contributed by atoms with Crippen LogP contribution in [0.1, 0.15) is 40.5 Å². The maximum Gasteiger partial charge on any atom is 0.528 e. The third-order valence-electron chi connectivity index (χ3n) is 3.07. The van der Waals surface area contributed by atoms with Gasteiger partial charge in [0.2, 0.25) is 0 Å². The first kappa shape index (κ1) is 14.7. The number of carbonyl (C=O) groups is 2. The summed E-state index contributed by atoms with van der Waals surface area (Å²) < 4.78 is 10.6. The smallest absolute Gasteiger partial charge is 0.245 e. The van der Waals surface area contributed by atoms with Gasteiger partial charge in [-0.2, -0.15) is 0 Å². The summed E-state index contributed by atoms with van der Waals surface area (Å²) in [5, 5.41) is 6.13. The number of carbonyl (C=O) groups excluding carboxylic acids is 2. The van der Waals surface area contributed by atoms with Gasteiger partial charge in [-0.1, -0.05) is 37.9 Å². The van der Waals surface area contributed by atoms with E-state index < -0.39 is 8.02 Å². The highest BCUT2D eigenvalue weighted by molar-refractivity contribution is 7.64. The van der Waals surface area contributed by atoms with E-state index in [9.17, 15) is 9.59 Å². The minimum absolute atomic E-state index is 0.326. The van der Waals surface area contributed by atoms with E-state index >= 15 is 0 Å². The lowest BCUT2D eigenvalue weighted by Crippen LogP contribution is -2.33. The third kappa shape index (κ3) is 3.25. The standard InChI is InChI=1S/C12H22N2O4P/c1-7(2)5-9-11(15)17-19(13-9)14-10(6-8(3)4)12(16)18-19/h7-10,13-14H,5-6H2,1-4H3/q+1/t9-,10-,19?/m0/s1. The second kappa shape index (κ2) is 5.35. The van der Waals surface area contributed by atoms with Crippen LogP contribution in [-0.4, -0.2) is 24.0 Å². The van der Waals surface area contributed by atoms with Crippen LogP contribution in [0.5, 0.6) is 0 Å². The fourth-order valence-corrected chi connectivity index (χ4v) is 4.62. The summed E-state index contributed by atoms with van der Waals surface area (Å²) in [6.45, 7) is 8.14. The molecule has 7 heteroatoms. The molecule has 2 aliphatic rings. The highest BCUT2D eigenvalue weighted by atomic mass is 31.2. The SMILES string of the molecule is CC(C)C[C@@H]1N[P+]2(N[C@@H](CC(C)C)C(=O)O2)OC1=O. The fourth-order valence-electron chi connectivity index (χ4n) is 2.30. The predicted molar refractivity (Wildman–Crippen MR) is 71.9 cm³/mol. The van der Waals surface area contributed by atoms with Crippen LogP contribution in [0.4, 0.5) is 0 Å². The van der Waals surface area contributed by atoms with E-state index in [2.05, 4.69) is 10.2 Å². The van der Waals surface area contributed by atoms with Crippen molar-refractivity contribution in [2.24, 2.45) is 11.8 Å². The molecule has 6 nitrogen and oxygen atoms in total. The Bertz CT molecular complexity index is 350. The minimum Gasteiger partial charge on any atom is -0.245 e. The number of hydrogen-bond donors (Lipinski definition) is 2. The fraction of sp³-hybridized carbons (Fsp3) is 0.833. The van der Waals surface area contributed by atoms with E-state index in [0.29, 0.717) is 24.7 Å². The summed E-state index contributed by atoms with van der Waals surface area (Å²) in [6.07, 6.45) is 1.35. The van der Waals surface area contributed by atoms with Gasteiger partial charge >= 0.3 is 20.0 Å². The van der Waals surface area contributed by atoms with Crippen LogP contribution in [0, 0.1) is 11.8 Å². The van der Waals surface area contributed by atoms with E-state index in [1.807, 2.05) is 27.7 Å². The van der Waals surface area contributed by atoms with E-state index in [1.165, 1.54) is 0 Å². The lowest BCUT2D eigenvalue weighted by molar-refractivity contribution is -0.136. The molecule has 2 aliphatic heterocycles. The summed E-state index contributed by atoms with van der Waals surface area (Å²) in [5.74, 6) is 0.0843. The Labute approximate surface area is 114 Å². The van der Waals surface area contributed by atoms with E-state index in [0.717, 1.165) is 0 Å². The molecular formula is C12H22N2O4P+. The summed E-state index contributed by atoms with van der Waals surface area (Å²) in [4.78, 5) is 23.6. The number of nitrogens with one attached hydrogen (secondary N) is 2. The molecule has 2 saturated heterocycles. The van der Waals surface area contributed by atoms with Crippen molar-refractivity contribution in [3.63, 3.8) is 0 Å². The molecule has 0 aromatic rings. The molecule has 0 radical (unpaired) electrons. The van der Waals surface area contributed by atoms with Crippen molar-refractivity contribution >= 4 is 20.0 Å². The van der Waals surface area contributed by atoms with Gasteiger partial charge in [0.1, 0.15) is 0 Å². The molecule has 19 heavy (non-hydrogen) atoms. The highest BCUT2D eigenvalue weighted by Crippen LogP contribution is 2.61. The zero-order valence-electron chi connectivity index (χ0n) is 11.8. The van der Waals surface area contributed by atoms with E-state index in [-0.39, 0.29) is 24.0 Å². The Kier molecular flexibility index (Phi) is 4.14. The molecule has 0 aromatic carbocycles. The van der Waals surface area contributed by atoms with Crippen molar-refractivity contribution < 1.29 is 18.6 Å². The Morgan fingerprint density at radius 3 is 1.63 bits per heavy atom. The van der Waals surface area contributed by atoms with Crippen molar-refractivity contribution in [1.29, 1.82) is 0 Å². The monoisotopic (exact) mass is 289 g/mol. The van der Waals surface area contributed by atoms with Gasteiger partial charge in [0.25, 0.3) is 0 Å². The molecule has 1 spiro atoms. The molecule has 0 saturated carbocycles. The summed E-state index contributed by atoms with van der Waals surface area (Å²) in [7, 11) is -2.73. The topological polar surface area (TPSA) is 76.7 Å². The molecule has 0 aliphatic carbocycles.